The molecule has 3 rings (SSSR count). The van der Waals surface area contributed by atoms with Crippen LogP contribution in [0.25, 0.3) is 11.2 Å². The number of aryl methyl sites for hydroxylation is 2. The van der Waals surface area contributed by atoms with Gasteiger partial charge in [-0.05, 0) is 31.5 Å². The molecule has 0 saturated carbocycles. The second-order valence-corrected chi connectivity index (χ2v) is 6.65. The molecule has 0 aliphatic heterocycles. The molecule has 0 aliphatic carbocycles. The van der Waals surface area contributed by atoms with Gasteiger partial charge in [0.25, 0.3) is 0 Å². The lowest BCUT2D eigenvalue weighted by molar-refractivity contribution is -0.116. The van der Waals surface area contributed by atoms with Crippen molar-refractivity contribution in [3.63, 3.8) is 0 Å². The van der Waals surface area contributed by atoms with Crippen LogP contribution < -0.4 is 11.0 Å². The van der Waals surface area contributed by atoms with Crippen LogP contribution in [0.1, 0.15) is 16.0 Å². The highest BCUT2D eigenvalue weighted by atomic mass is 32.1. The van der Waals surface area contributed by atoms with Crippen LogP contribution >= 0.6 is 11.3 Å². The first kappa shape index (κ1) is 16.0. The van der Waals surface area contributed by atoms with E-state index in [1.807, 2.05) is 13.8 Å². The van der Waals surface area contributed by atoms with Gasteiger partial charge in [0, 0.05) is 18.1 Å². The number of hydrogen-bond acceptors (Lipinski definition) is 5. The minimum atomic E-state index is -0.355. The fourth-order valence-electron chi connectivity index (χ4n) is 2.54. The molecule has 0 radical (unpaired) electrons. The zero-order valence-corrected chi connectivity index (χ0v) is 14.3. The van der Waals surface area contributed by atoms with Gasteiger partial charge in [0.05, 0.1) is 11.1 Å². The topological polar surface area (TPSA) is 92.7 Å². The first-order chi connectivity index (χ1) is 11.4. The molecule has 3 aromatic heterocycles. The Morgan fingerprint density at radius 1 is 1.46 bits per heavy atom. The van der Waals surface area contributed by atoms with Crippen molar-refractivity contribution >= 4 is 33.4 Å². The number of amides is 1. The molecule has 0 fully saturated rings. The van der Waals surface area contributed by atoms with Gasteiger partial charge in [-0.3, -0.25) is 13.9 Å². The van der Waals surface area contributed by atoms with Crippen molar-refractivity contribution in [3.05, 3.63) is 44.8 Å². The van der Waals surface area contributed by atoms with Crippen LogP contribution in [0, 0.1) is 25.2 Å². The number of hydrogen-bond donors (Lipinski definition) is 1. The number of anilines is 1. The van der Waals surface area contributed by atoms with Crippen molar-refractivity contribution in [2.24, 2.45) is 7.05 Å². The third kappa shape index (κ3) is 2.49. The predicted octanol–water partition coefficient (Wildman–Crippen LogP) is 1.92. The summed E-state index contributed by atoms with van der Waals surface area (Å²) in [5.41, 5.74) is 2.15. The van der Waals surface area contributed by atoms with Crippen LogP contribution in [0.15, 0.2) is 23.1 Å². The Kier molecular flexibility index (Phi) is 3.95. The lowest BCUT2D eigenvalue weighted by Crippen LogP contribution is -2.28. The third-order valence-corrected chi connectivity index (χ3v) is 5.07. The van der Waals surface area contributed by atoms with Crippen molar-refractivity contribution in [1.82, 2.24) is 14.1 Å². The number of thiophene rings is 1. The maximum Gasteiger partial charge on any atom is 0.330 e. The molecule has 1 N–H and O–H groups in total. The zero-order chi connectivity index (χ0) is 17.4. The number of fused-ring (bicyclic) bond motifs is 1. The highest BCUT2D eigenvalue weighted by Gasteiger charge is 2.17. The zero-order valence-electron chi connectivity index (χ0n) is 13.5. The molecule has 0 spiro atoms. The van der Waals surface area contributed by atoms with Gasteiger partial charge < -0.3 is 5.32 Å². The van der Waals surface area contributed by atoms with E-state index in [-0.39, 0.29) is 18.1 Å². The maximum atomic E-state index is 12.4. The number of nitriles is 1. The Morgan fingerprint density at radius 3 is 2.92 bits per heavy atom. The Hall–Kier alpha value is -2.92. The van der Waals surface area contributed by atoms with Gasteiger partial charge in [0.2, 0.25) is 5.91 Å². The quantitative estimate of drug-likeness (QED) is 0.788. The summed E-state index contributed by atoms with van der Waals surface area (Å²) < 4.78 is 2.78. The molecule has 3 heterocycles. The minimum Gasteiger partial charge on any atom is -0.315 e. The van der Waals surface area contributed by atoms with Crippen molar-refractivity contribution in [2.45, 2.75) is 20.4 Å². The third-order valence-electron chi connectivity index (χ3n) is 3.94. The fourth-order valence-corrected chi connectivity index (χ4v) is 3.57. The average molecular weight is 341 g/mol. The highest BCUT2D eigenvalue weighted by molar-refractivity contribution is 7.16. The Labute approximate surface area is 141 Å². The first-order valence-electron chi connectivity index (χ1n) is 7.24. The summed E-state index contributed by atoms with van der Waals surface area (Å²) in [6.45, 7) is 3.61. The van der Waals surface area contributed by atoms with Crippen LogP contribution in [-0.2, 0) is 18.4 Å². The fraction of sp³-hybridized carbons (Fsp3) is 0.250. The number of imidazole rings is 1. The molecular weight excluding hydrogens is 326 g/mol. The summed E-state index contributed by atoms with van der Waals surface area (Å²) in [5, 5.41) is 12.5. The van der Waals surface area contributed by atoms with Crippen LogP contribution in [0.4, 0.5) is 5.00 Å². The molecule has 24 heavy (non-hydrogen) atoms. The maximum absolute atomic E-state index is 12.4. The summed E-state index contributed by atoms with van der Waals surface area (Å²) >= 11 is 1.36. The normalized spacial score (nSPS) is 10.8. The van der Waals surface area contributed by atoms with E-state index in [1.54, 1.807) is 25.4 Å². The second-order valence-electron chi connectivity index (χ2n) is 5.42. The van der Waals surface area contributed by atoms with Crippen LogP contribution in [-0.4, -0.2) is 20.0 Å². The highest BCUT2D eigenvalue weighted by Crippen LogP contribution is 2.31. The van der Waals surface area contributed by atoms with Gasteiger partial charge in [-0.1, -0.05) is 0 Å². The van der Waals surface area contributed by atoms with E-state index in [0.29, 0.717) is 21.7 Å². The van der Waals surface area contributed by atoms with E-state index < -0.39 is 0 Å². The predicted molar refractivity (Wildman–Crippen MR) is 92.1 cm³/mol. The van der Waals surface area contributed by atoms with Gasteiger partial charge in [0.15, 0.2) is 5.65 Å². The van der Waals surface area contributed by atoms with Gasteiger partial charge >= 0.3 is 5.69 Å². The minimum absolute atomic E-state index is 0.136. The van der Waals surface area contributed by atoms with Crippen molar-refractivity contribution in [2.75, 3.05) is 5.32 Å². The Balaban J connectivity index is 1.92. The lowest BCUT2D eigenvalue weighted by Gasteiger charge is -2.04. The molecule has 3 aromatic rings. The number of carbonyl (C=O) groups is 1. The average Bonchev–Trinajstić information content (AvgIpc) is 2.96. The number of pyridine rings is 1. The molecule has 1 amide bonds. The lowest BCUT2D eigenvalue weighted by atomic mass is 10.2. The van der Waals surface area contributed by atoms with Crippen LogP contribution in [0.3, 0.4) is 0 Å². The largest absolute Gasteiger partial charge is 0.330 e. The number of nitrogens with zero attached hydrogens (tertiary/aromatic N) is 4. The van der Waals surface area contributed by atoms with Crippen LogP contribution in [0.5, 0.6) is 0 Å². The number of carbonyl (C=O) groups excluding carboxylic acids is 1. The van der Waals surface area contributed by atoms with Gasteiger partial charge in [-0.2, -0.15) is 5.26 Å². The second kappa shape index (κ2) is 5.94. The summed E-state index contributed by atoms with van der Waals surface area (Å²) in [4.78, 5) is 29.8. The van der Waals surface area contributed by atoms with E-state index in [0.717, 1.165) is 10.4 Å². The molecule has 0 aliphatic rings. The van der Waals surface area contributed by atoms with Gasteiger partial charge in [-0.25, -0.2) is 9.78 Å². The van der Waals surface area contributed by atoms with Crippen molar-refractivity contribution in [1.29, 1.82) is 5.26 Å². The molecule has 122 valence electrons. The summed E-state index contributed by atoms with van der Waals surface area (Å²) in [6.07, 6.45) is 1.60. The van der Waals surface area contributed by atoms with Crippen LogP contribution in [0.2, 0.25) is 0 Å². The molecular formula is C16H15N5O2S. The molecule has 0 bridgehead atoms. The molecule has 0 atom stereocenters. The van der Waals surface area contributed by atoms with E-state index >= 15 is 0 Å². The van der Waals surface area contributed by atoms with E-state index in [4.69, 9.17) is 0 Å². The number of rotatable bonds is 3. The standard InChI is InChI=1S/C16H15N5O2S/c1-9-10(2)24-15(11(9)7-17)19-13(22)8-21-12-5-4-6-18-14(12)20(3)16(21)23/h4-6H,8H2,1-3H3,(H,19,22). The SMILES string of the molecule is Cc1sc(NC(=O)Cn2c(=O)n(C)c3ncccc32)c(C#N)c1C. The monoisotopic (exact) mass is 341 g/mol. The van der Waals surface area contributed by atoms with E-state index in [9.17, 15) is 14.9 Å². The molecule has 0 saturated heterocycles. The molecule has 8 heteroatoms. The summed E-state index contributed by atoms with van der Waals surface area (Å²) in [5.74, 6) is -0.355. The van der Waals surface area contributed by atoms with E-state index in [1.165, 1.54) is 20.5 Å². The first-order valence-corrected chi connectivity index (χ1v) is 8.06. The number of nitrogens with one attached hydrogen (secondary N) is 1. The summed E-state index contributed by atoms with van der Waals surface area (Å²) in [7, 11) is 1.62. The van der Waals surface area contributed by atoms with Crippen molar-refractivity contribution < 1.29 is 4.79 Å². The number of aromatic nitrogens is 3. The molecule has 0 unspecified atom stereocenters. The van der Waals surface area contributed by atoms with Gasteiger partial charge in [0.1, 0.15) is 17.6 Å². The van der Waals surface area contributed by atoms with Gasteiger partial charge in [-0.15, -0.1) is 11.3 Å². The molecule has 0 aromatic carbocycles. The molecule has 7 nitrogen and oxygen atoms in total. The summed E-state index contributed by atoms with van der Waals surface area (Å²) in [6, 6.07) is 5.58. The smallest absolute Gasteiger partial charge is 0.315 e. The van der Waals surface area contributed by atoms with E-state index in [2.05, 4.69) is 16.4 Å². The Morgan fingerprint density at radius 2 is 2.21 bits per heavy atom. The Bertz CT molecular complexity index is 1050. The van der Waals surface area contributed by atoms with Crippen molar-refractivity contribution in [3.8, 4) is 6.07 Å².